The summed E-state index contributed by atoms with van der Waals surface area (Å²) in [5.74, 6) is 2.17. The smallest absolute Gasteiger partial charge is 0.239 e. The number of aromatic nitrogens is 3. The number of ether oxygens (including phenoxy) is 1. The highest BCUT2D eigenvalue weighted by Gasteiger charge is 2.27. The first-order valence-corrected chi connectivity index (χ1v) is 7.66. The van der Waals surface area contributed by atoms with Gasteiger partial charge in [-0.15, -0.1) is 10.2 Å². The number of amides is 1. The summed E-state index contributed by atoms with van der Waals surface area (Å²) in [6.45, 7) is 7.45. The Bertz CT molecular complexity index is 509. The van der Waals surface area contributed by atoms with Crippen molar-refractivity contribution in [3.63, 3.8) is 0 Å². The topological polar surface area (TPSA) is 72.3 Å². The normalized spacial score (nSPS) is 23.7. The van der Waals surface area contributed by atoms with Gasteiger partial charge in [0.1, 0.15) is 11.6 Å². The second-order valence-electron chi connectivity index (χ2n) is 5.84. The molecule has 21 heavy (non-hydrogen) atoms. The van der Waals surface area contributed by atoms with Gasteiger partial charge in [0.15, 0.2) is 0 Å². The summed E-state index contributed by atoms with van der Waals surface area (Å²) in [6, 6.07) is 0.138. The highest BCUT2D eigenvalue weighted by Crippen LogP contribution is 2.15. The maximum atomic E-state index is 12.4. The van der Waals surface area contributed by atoms with E-state index in [0.717, 1.165) is 31.0 Å². The molecule has 3 heterocycles. The van der Waals surface area contributed by atoms with Crippen LogP contribution in [0.4, 0.5) is 0 Å². The van der Waals surface area contributed by atoms with Gasteiger partial charge in [-0.05, 0) is 20.3 Å². The van der Waals surface area contributed by atoms with E-state index >= 15 is 0 Å². The highest BCUT2D eigenvalue weighted by atomic mass is 16.5. The molecular formula is C14H23N5O2. The van der Waals surface area contributed by atoms with E-state index in [2.05, 4.69) is 20.1 Å². The maximum Gasteiger partial charge on any atom is 0.239 e. The van der Waals surface area contributed by atoms with Crippen LogP contribution in [-0.4, -0.2) is 64.0 Å². The van der Waals surface area contributed by atoms with Crippen molar-refractivity contribution in [1.29, 1.82) is 0 Å². The number of nitrogens with one attached hydrogen (secondary N) is 1. The number of fused-ring (bicyclic) bond motifs is 1. The number of aryl methyl sites for hydroxylation is 2. The summed E-state index contributed by atoms with van der Waals surface area (Å²) in [5, 5.41) is 11.8. The zero-order valence-electron chi connectivity index (χ0n) is 12.7. The van der Waals surface area contributed by atoms with Crippen molar-refractivity contribution in [3.05, 3.63) is 11.6 Å². The van der Waals surface area contributed by atoms with Crippen LogP contribution < -0.4 is 5.32 Å². The molecule has 3 rings (SSSR count). The molecule has 0 unspecified atom stereocenters. The molecule has 2 atom stereocenters. The van der Waals surface area contributed by atoms with E-state index in [9.17, 15) is 4.79 Å². The van der Waals surface area contributed by atoms with Gasteiger partial charge >= 0.3 is 0 Å². The van der Waals surface area contributed by atoms with Gasteiger partial charge in [-0.2, -0.15) is 0 Å². The number of rotatable bonds is 3. The van der Waals surface area contributed by atoms with Gasteiger partial charge in [-0.3, -0.25) is 4.79 Å². The summed E-state index contributed by atoms with van der Waals surface area (Å²) in [6.07, 6.45) is 1.91. The van der Waals surface area contributed by atoms with Gasteiger partial charge in [0.2, 0.25) is 5.91 Å². The van der Waals surface area contributed by atoms with Gasteiger partial charge in [0.05, 0.1) is 19.3 Å². The molecular weight excluding hydrogens is 270 g/mol. The Labute approximate surface area is 124 Å². The number of carbonyl (C=O) groups is 1. The molecule has 0 aromatic carbocycles. The Hall–Kier alpha value is -1.47. The third-order valence-corrected chi connectivity index (χ3v) is 4.31. The van der Waals surface area contributed by atoms with Crippen molar-refractivity contribution < 1.29 is 9.53 Å². The molecule has 1 aromatic rings. The lowest BCUT2D eigenvalue weighted by Crippen LogP contribution is -2.52. The zero-order chi connectivity index (χ0) is 14.8. The van der Waals surface area contributed by atoms with Gasteiger partial charge in [-0.1, -0.05) is 0 Å². The largest absolute Gasteiger partial charge is 0.378 e. The number of carbonyl (C=O) groups excluding carboxylic acids is 1. The van der Waals surface area contributed by atoms with Crippen LogP contribution in [0.1, 0.15) is 25.0 Å². The molecule has 0 radical (unpaired) electrons. The standard InChI is InChI=1S/C14H23N5O2/c1-10(14(20)18-5-7-21-8-6-18)15-12-3-4-13-17-16-11(2)19(13)9-12/h10,12,15H,3-9H2,1-2H3/t10-,12-/m0/s1. The Kier molecular flexibility index (Phi) is 4.21. The van der Waals surface area contributed by atoms with Crippen LogP contribution >= 0.6 is 0 Å². The van der Waals surface area contributed by atoms with Crippen LogP contribution in [0.15, 0.2) is 0 Å². The van der Waals surface area contributed by atoms with Gasteiger partial charge in [-0.25, -0.2) is 0 Å². The lowest BCUT2D eigenvalue weighted by atomic mass is 10.1. The second-order valence-corrected chi connectivity index (χ2v) is 5.84. The maximum absolute atomic E-state index is 12.4. The van der Waals surface area contributed by atoms with E-state index in [1.54, 1.807) is 0 Å². The summed E-state index contributed by atoms with van der Waals surface area (Å²) in [4.78, 5) is 14.3. The van der Waals surface area contributed by atoms with Gasteiger partial charge in [0, 0.05) is 32.1 Å². The Morgan fingerprint density at radius 1 is 1.38 bits per heavy atom. The fourth-order valence-corrected chi connectivity index (χ4v) is 3.08. The lowest BCUT2D eigenvalue weighted by molar-refractivity contribution is -0.137. The summed E-state index contributed by atoms with van der Waals surface area (Å²) >= 11 is 0. The van der Waals surface area contributed by atoms with Gasteiger partial charge in [0.25, 0.3) is 0 Å². The van der Waals surface area contributed by atoms with Crippen LogP contribution in [-0.2, 0) is 22.5 Å². The SMILES string of the molecule is Cc1nnc2n1C[C@@H](N[C@@H](C)C(=O)N1CCOCC1)CC2. The first-order valence-electron chi connectivity index (χ1n) is 7.66. The molecule has 0 spiro atoms. The average Bonchev–Trinajstić information content (AvgIpc) is 2.88. The van der Waals surface area contributed by atoms with Crippen molar-refractivity contribution in [2.75, 3.05) is 26.3 Å². The first kappa shape index (κ1) is 14.5. The van der Waals surface area contributed by atoms with Crippen molar-refractivity contribution in [1.82, 2.24) is 25.0 Å². The van der Waals surface area contributed by atoms with Gasteiger partial charge < -0.3 is 19.5 Å². The minimum Gasteiger partial charge on any atom is -0.378 e. The zero-order valence-corrected chi connectivity index (χ0v) is 12.7. The molecule has 1 amide bonds. The Morgan fingerprint density at radius 3 is 2.90 bits per heavy atom. The minimum atomic E-state index is -0.161. The van der Waals surface area contributed by atoms with E-state index < -0.39 is 0 Å². The molecule has 0 bridgehead atoms. The molecule has 7 nitrogen and oxygen atoms in total. The van der Waals surface area contributed by atoms with E-state index in [-0.39, 0.29) is 11.9 Å². The molecule has 1 fully saturated rings. The number of nitrogens with zero attached hydrogens (tertiary/aromatic N) is 4. The average molecular weight is 293 g/mol. The number of morpholine rings is 1. The summed E-state index contributed by atoms with van der Waals surface area (Å²) < 4.78 is 7.44. The third-order valence-electron chi connectivity index (χ3n) is 4.31. The van der Waals surface area contributed by atoms with Crippen molar-refractivity contribution in [2.45, 2.75) is 45.3 Å². The Balaban J connectivity index is 1.57. The molecule has 2 aliphatic rings. The van der Waals surface area contributed by atoms with E-state index in [4.69, 9.17) is 4.74 Å². The molecule has 1 saturated heterocycles. The van der Waals surface area contributed by atoms with Crippen LogP contribution in [0.2, 0.25) is 0 Å². The molecule has 0 saturated carbocycles. The quantitative estimate of drug-likeness (QED) is 0.831. The van der Waals surface area contributed by atoms with Crippen LogP contribution in [0.3, 0.4) is 0 Å². The van der Waals surface area contributed by atoms with Crippen molar-refractivity contribution in [2.24, 2.45) is 0 Å². The van der Waals surface area contributed by atoms with E-state index in [0.29, 0.717) is 32.3 Å². The molecule has 7 heteroatoms. The predicted molar refractivity (Wildman–Crippen MR) is 76.9 cm³/mol. The molecule has 0 aliphatic carbocycles. The van der Waals surface area contributed by atoms with Crippen LogP contribution in [0, 0.1) is 6.92 Å². The summed E-state index contributed by atoms with van der Waals surface area (Å²) in [7, 11) is 0. The lowest BCUT2D eigenvalue weighted by Gasteiger charge is -2.32. The second kappa shape index (κ2) is 6.11. The predicted octanol–water partition coefficient (Wildman–Crippen LogP) is -0.262. The fraction of sp³-hybridized carbons (Fsp3) is 0.786. The highest BCUT2D eigenvalue weighted by molar-refractivity contribution is 5.81. The van der Waals surface area contributed by atoms with E-state index in [1.807, 2.05) is 18.7 Å². The monoisotopic (exact) mass is 293 g/mol. The summed E-state index contributed by atoms with van der Waals surface area (Å²) in [5.41, 5.74) is 0. The molecule has 1 aromatic heterocycles. The van der Waals surface area contributed by atoms with E-state index in [1.165, 1.54) is 0 Å². The fourth-order valence-electron chi connectivity index (χ4n) is 3.08. The number of hydrogen-bond acceptors (Lipinski definition) is 5. The van der Waals surface area contributed by atoms with Crippen LogP contribution in [0.5, 0.6) is 0 Å². The number of hydrogen-bond donors (Lipinski definition) is 1. The van der Waals surface area contributed by atoms with Crippen molar-refractivity contribution >= 4 is 5.91 Å². The molecule has 116 valence electrons. The molecule has 1 N–H and O–H groups in total. The Morgan fingerprint density at radius 2 is 2.14 bits per heavy atom. The third kappa shape index (κ3) is 3.08. The minimum absolute atomic E-state index is 0.161. The van der Waals surface area contributed by atoms with Crippen LogP contribution in [0.25, 0.3) is 0 Å². The van der Waals surface area contributed by atoms with Crippen molar-refractivity contribution in [3.8, 4) is 0 Å². The first-order chi connectivity index (χ1) is 10.1. The molecule has 2 aliphatic heterocycles.